The van der Waals surface area contributed by atoms with Crippen molar-refractivity contribution in [3.05, 3.63) is 35.9 Å². The minimum Gasteiger partial charge on any atom is -0.369 e. The van der Waals surface area contributed by atoms with Crippen LogP contribution in [0.5, 0.6) is 0 Å². The van der Waals surface area contributed by atoms with Gasteiger partial charge in [-0.1, -0.05) is 75.8 Å². The molecule has 1 aromatic rings. The topological polar surface area (TPSA) is 43.1 Å². The molecule has 1 fully saturated rings. The van der Waals surface area contributed by atoms with Gasteiger partial charge in [-0.15, -0.1) is 0 Å². The van der Waals surface area contributed by atoms with Crippen molar-refractivity contribution in [2.24, 2.45) is 11.7 Å². The van der Waals surface area contributed by atoms with E-state index in [2.05, 4.69) is 19.1 Å². The Balaban J connectivity index is 2.27. The summed E-state index contributed by atoms with van der Waals surface area (Å²) in [6.45, 7) is 2.22. The van der Waals surface area contributed by atoms with E-state index < -0.39 is 5.41 Å². The van der Waals surface area contributed by atoms with Crippen molar-refractivity contribution in [1.29, 1.82) is 0 Å². The molecule has 0 radical (unpaired) electrons. The Hall–Kier alpha value is -1.31. The molecule has 0 spiro atoms. The summed E-state index contributed by atoms with van der Waals surface area (Å²) in [5, 5.41) is 0. The number of benzene rings is 1. The standard InChI is InChI=1S/C19H29NO/c1-2-3-4-10-15-19(18(20)21,17-13-8-9-14-17)16-11-6-5-7-12-16/h5-7,11-12,17H,2-4,8-10,13-15H2,1H3,(H2,20,21). The van der Waals surface area contributed by atoms with Crippen molar-refractivity contribution < 1.29 is 4.79 Å². The van der Waals surface area contributed by atoms with Crippen LogP contribution in [0.25, 0.3) is 0 Å². The first-order valence-electron chi connectivity index (χ1n) is 8.57. The molecule has 0 aromatic heterocycles. The molecule has 1 amide bonds. The molecule has 1 atom stereocenters. The lowest BCUT2D eigenvalue weighted by molar-refractivity contribution is -0.126. The lowest BCUT2D eigenvalue weighted by Crippen LogP contribution is -2.46. The molecule has 2 rings (SSSR count). The summed E-state index contributed by atoms with van der Waals surface area (Å²) in [5.74, 6) is 0.316. The molecular formula is C19H29NO. The highest BCUT2D eigenvalue weighted by atomic mass is 16.1. The van der Waals surface area contributed by atoms with Crippen LogP contribution < -0.4 is 5.73 Å². The number of carbonyl (C=O) groups excluding carboxylic acids is 1. The Kier molecular flexibility index (Phi) is 5.84. The van der Waals surface area contributed by atoms with E-state index in [1.807, 2.05) is 18.2 Å². The molecule has 21 heavy (non-hydrogen) atoms. The lowest BCUT2D eigenvalue weighted by Gasteiger charge is -2.37. The predicted molar refractivity (Wildman–Crippen MR) is 88.0 cm³/mol. The largest absolute Gasteiger partial charge is 0.369 e. The molecule has 116 valence electrons. The van der Waals surface area contributed by atoms with Crippen LogP contribution >= 0.6 is 0 Å². The van der Waals surface area contributed by atoms with Crippen LogP contribution in [-0.2, 0) is 10.2 Å². The van der Waals surface area contributed by atoms with Crippen molar-refractivity contribution in [3.63, 3.8) is 0 Å². The second kappa shape index (κ2) is 7.63. The number of unbranched alkanes of at least 4 members (excludes halogenated alkanes) is 3. The molecule has 0 aliphatic heterocycles. The molecule has 2 N–H and O–H groups in total. The van der Waals surface area contributed by atoms with Gasteiger partial charge in [-0.2, -0.15) is 0 Å². The van der Waals surface area contributed by atoms with Gasteiger partial charge in [-0.3, -0.25) is 4.79 Å². The number of hydrogen-bond donors (Lipinski definition) is 1. The van der Waals surface area contributed by atoms with Gasteiger partial charge in [-0.25, -0.2) is 0 Å². The van der Waals surface area contributed by atoms with Crippen molar-refractivity contribution in [1.82, 2.24) is 0 Å². The summed E-state index contributed by atoms with van der Waals surface area (Å²) < 4.78 is 0. The minimum absolute atomic E-state index is 0.114. The molecule has 1 aliphatic rings. The average Bonchev–Trinajstić information content (AvgIpc) is 3.03. The van der Waals surface area contributed by atoms with Crippen LogP contribution in [0, 0.1) is 5.92 Å². The van der Waals surface area contributed by atoms with E-state index in [9.17, 15) is 4.79 Å². The fraction of sp³-hybridized carbons (Fsp3) is 0.632. The second-order valence-electron chi connectivity index (χ2n) is 6.49. The molecule has 0 heterocycles. The molecule has 0 saturated heterocycles. The van der Waals surface area contributed by atoms with Crippen LogP contribution in [-0.4, -0.2) is 5.91 Å². The molecular weight excluding hydrogens is 258 g/mol. The van der Waals surface area contributed by atoms with E-state index in [0.29, 0.717) is 5.92 Å². The Bertz CT molecular complexity index is 436. The van der Waals surface area contributed by atoms with Gasteiger partial charge in [-0.05, 0) is 30.7 Å². The van der Waals surface area contributed by atoms with Crippen molar-refractivity contribution >= 4 is 5.91 Å². The molecule has 2 nitrogen and oxygen atoms in total. The Labute approximate surface area is 129 Å². The van der Waals surface area contributed by atoms with Crippen LogP contribution in [0.3, 0.4) is 0 Å². The van der Waals surface area contributed by atoms with Crippen LogP contribution in [0.15, 0.2) is 30.3 Å². The number of nitrogens with two attached hydrogens (primary N) is 1. The average molecular weight is 287 g/mol. The van der Waals surface area contributed by atoms with E-state index in [-0.39, 0.29) is 5.91 Å². The van der Waals surface area contributed by atoms with E-state index in [1.54, 1.807) is 0 Å². The normalized spacial score (nSPS) is 18.5. The number of carbonyl (C=O) groups is 1. The van der Waals surface area contributed by atoms with Gasteiger partial charge in [0, 0.05) is 0 Å². The first kappa shape index (κ1) is 16.1. The Morgan fingerprint density at radius 2 is 1.81 bits per heavy atom. The quantitative estimate of drug-likeness (QED) is 0.699. The van der Waals surface area contributed by atoms with E-state index in [0.717, 1.165) is 31.2 Å². The minimum atomic E-state index is -0.439. The monoisotopic (exact) mass is 287 g/mol. The zero-order chi connectivity index (χ0) is 15.1. The zero-order valence-corrected chi connectivity index (χ0v) is 13.3. The molecule has 2 heteroatoms. The van der Waals surface area contributed by atoms with Gasteiger partial charge in [0.15, 0.2) is 0 Å². The summed E-state index contributed by atoms with van der Waals surface area (Å²) >= 11 is 0. The summed E-state index contributed by atoms with van der Waals surface area (Å²) in [4.78, 5) is 12.5. The summed E-state index contributed by atoms with van der Waals surface area (Å²) in [7, 11) is 0. The highest BCUT2D eigenvalue weighted by Gasteiger charge is 2.45. The molecule has 1 aromatic carbocycles. The van der Waals surface area contributed by atoms with Crippen LogP contribution in [0.2, 0.25) is 0 Å². The van der Waals surface area contributed by atoms with Gasteiger partial charge in [0.1, 0.15) is 0 Å². The SMILES string of the molecule is CCCCCCC(C(N)=O)(c1ccccc1)C1CCCC1. The molecule has 0 bridgehead atoms. The van der Waals surface area contributed by atoms with Crippen molar-refractivity contribution in [2.45, 2.75) is 70.1 Å². The number of rotatable bonds is 8. The zero-order valence-electron chi connectivity index (χ0n) is 13.3. The van der Waals surface area contributed by atoms with Gasteiger partial charge >= 0.3 is 0 Å². The maximum Gasteiger partial charge on any atom is 0.228 e. The smallest absolute Gasteiger partial charge is 0.228 e. The van der Waals surface area contributed by atoms with E-state index in [4.69, 9.17) is 5.73 Å². The first-order valence-corrected chi connectivity index (χ1v) is 8.57. The third-order valence-electron chi connectivity index (χ3n) is 5.21. The maximum absolute atomic E-state index is 12.5. The highest BCUT2D eigenvalue weighted by Crippen LogP contribution is 2.45. The first-order chi connectivity index (χ1) is 10.2. The number of hydrogen-bond acceptors (Lipinski definition) is 1. The van der Waals surface area contributed by atoms with Gasteiger partial charge < -0.3 is 5.73 Å². The number of primary amides is 1. The third-order valence-corrected chi connectivity index (χ3v) is 5.21. The van der Waals surface area contributed by atoms with Gasteiger partial charge in [0.05, 0.1) is 5.41 Å². The fourth-order valence-electron chi connectivity index (χ4n) is 4.04. The molecule has 1 saturated carbocycles. The summed E-state index contributed by atoms with van der Waals surface area (Å²) in [6, 6.07) is 10.3. The van der Waals surface area contributed by atoms with E-state index in [1.165, 1.54) is 32.1 Å². The summed E-state index contributed by atoms with van der Waals surface area (Å²) in [5.41, 5.74) is 6.66. The second-order valence-corrected chi connectivity index (χ2v) is 6.49. The van der Waals surface area contributed by atoms with Gasteiger partial charge in [0.2, 0.25) is 5.91 Å². The highest BCUT2D eigenvalue weighted by molar-refractivity contribution is 5.87. The molecule has 1 unspecified atom stereocenters. The summed E-state index contributed by atoms with van der Waals surface area (Å²) in [6.07, 6.45) is 10.4. The van der Waals surface area contributed by atoms with Crippen LogP contribution in [0.1, 0.15) is 70.3 Å². The fourth-order valence-corrected chi connectivity index (χ4v) is 4.04. The third kappa shape index (κ3) is 3.48. The maximum atomic E-state index is 12.5. The predicted octanol–water partition coefficient (Wildman–Crippen LogP) is 4.57. The Morgan fingerprint density at radius 3 is 2.38 bits per heavy atom. The van der Waals surface area contributed by atoms with Crippen molar-refractivity contribution in [3.8, 4) is 0 Å². The number of amides is 1. The van der Waals surface area contributed by atoms with Crippen molar-refractivity contribution in [2.75, 3.05) is 0 Å². The van der Waals surface area contributed by atoms with Gasteiger partial charge in [0.25, 0.3) is 0 Å². The van der Waals surface area contributed by atoms with Crippen LogP contribution in [0.4, 0.5) is 0 Å². The molecule has 1 aliphatic carbocycles. The van der Waals surface area contributed by atoms with E-state index >= 15 is 0 Å². The Morgan fingerprint density at radius 1 is 1.14 bits per heavy atom. The lowest BCUT2D eigenvalue weighted by atomic mass is 9.66.